The molecule has 1 unspecified atom stereocenters. The Hall–Kier alpha value is -2.47. The van der Waals surface area contributed by atoms with Crippen LogP contribution in [0.25, 0.3) is 10.9 Å². The molecule has 6 heteroatoms. The second-order valence-corrected chi connectivity index (χ2v) is 5.81. The molecule has 0 saturated carbocycles. The maximum atomic E-state index is 12.6. The second kappa shape index (κ2) is 6.97. The van der Waals surface area contributed by atoms with E-state index in [1.54, 1.807) is 17.9 Å². The molecular weight excluding hydrogens is 308 g/mol. The average Bonchev–Trinajstić information content (AvgIpc) is 2.60. The number of aryl methyl sites for hydroxylation is 1. The number of aromatic nitrogens is 1. The number of hydrogen-bond acceptors (Lipinski definition) is 5. The predicted molar refractivity (Wildman–Crippen MR) is 88.8 cm³/mol. The van der Waals surface area contributed by atoms with E-state index in [1.165, 1.54) is 0 Å². The van der Waals surface area contributed by atoms with Crippen molar-refractivity contribution in [1.82, 2.24) is 9.88 Å². The molecule has 1 aromatic carbocycles. The summed E-state index contributed by atoms with van der Waals surface area (Å²) in [6.07, 6.45) is -0.831. The average molecular weight is 328 g/mol. The SMILES string of the molecule is Cc1cc(C(=O)OC(C)C(=O)N2CCOCC2)c2ccccc2n1. The Balaban J connectivity index is 1.78. The minimum absolute atomic E-state index is 0.193. The lowest BCUT2D eigenvalue weighted by atomic mass is 10.1. The van der Waals surface area contributed by atoms with Crippen LogP contribution in [0.15, 0.2) is 30.3 Å². The summed E-state index contributed by atoms with van der Waals surface area (Å²) in [6, 6.07) is 9.08. The van der Waals surface area contributed by atoms with Gasteiger partial charge >= 0.3 is 5.97 Å². The number of fused-ring (bicyclic) bond motifs is 1. The number of rotatable bonds is 3. The number of benzene rings is 1. The Bertz CT molecular complexity index is 769. The number of ether oxygens (including phenoxy) is 2. The van der Waals surface area contributed by atoms with Crippen molar-refractivity contribution in [2.45, 2.75) is 20.0 Å². The third-order valence-corrected chi connectivity index (χ3v) is 4.02. The fraction of sp³-hybridized carbons (Fsp3) is 0.389. The third-order valence-electron chi connectivity index (χ3n) is 4.02. The highest BCUT2D eigenvalue weighted by atomic mass is 16.5. The number of carbonyl (C=O) groups is 2. The molecule has 1 aliphatic rings. The first kappa shape index (κ1) is 16.4. The number of nitrogens with zero attached hydrogens (tertiary/aromatic N) is 2. The summed E-state index contributed by atoms with van der Waals surface area (Å²) in [6.45, 7) is 5.51. The zero-order valence-corrected chi connectivity index (χ0v) is 13.8. The van der Waals surface area contributed by atoms with Crippen LogP contribution in [-0.4, -0.2) is 54.2 Å². The van der Waals surface area contributed by atoms with Gasteiger partial charge in [0.25, 0.3) is 5.91 Å². The summed E-state index contributed by atoms with van der Waals surface area (Å²) in [5.74, 6) is -0.701. The molecule has 0 spiro atoms. The highest BCUT2D eigenvalue weighted by molar-refractivity contribution is 6.04. The van der Waals surface area contributed by atoms with Crippen molar-refractivity contribution in [1.29, 1.82) is 0 Å². The first-order valence-electron chi connectivity index (χ1n) is 8.00. The van der Waals surface area contributed by atoms with Gasteiger partial charge in [-0.1, -0.05) is 18.2 Å². The van der Waals surface area contributed by atoms with Crippen LogP contribution in [0.1, 0.15) is 23.0 Å². The summed E-state index contributed by atoms with van der Waals surface area (Å²) in [7, 11) is 0. The summed E-state index contributed by atoms with van der Waals surface area (Å²) >= 11 is 0. The van der Waals surface area contributed by atoms with Gasteiger partial charge in [-0.25, -0.2) is 4.79 Å². The zero-order chi connectivity index (χ0) is 17.1. The van der Waals surface area contributed by atoms with Crippen LogP contribution >= 0.6 is 0 Å². The maximum absolute atomic E-state index is 12.6. The number of carbonyl (C=O) groups excluding carboxylic acids is 2. The Morgan fingerprint density at radius 2 is 1.96 bits per heavy atom. The van der Waals surface area contributed by atoms with Crippen LogP contribution in [0.5, 0.6) is 0 Å². The van der Waals surface area contributed by atoms with E-state index in [0.29, 0.717) is 31.9 Å². The van der Waals surface area contributed by atoms with Gasteiger partial charge in [0.05, 0.1) is 24.3 Å². The fourth-order valence-corrected chi connectivity index (χ4v) is 2.79. The minimum Gasteiger partial charge on any atom is -0.449 e. The van der Waals surface area contributed by atoms with Gasteiger partial charge in [-0.2, -0.15) is 0 Å². The summed E-state index contributed by atoms with van der Waals surface area (Å²) in [5.41, 5.74) is 1.89. The van der Waals surface area contributed by atoms with Gasteiger partial charge in [0.15, 0.2) is 6.10 Å². The van der Waals surface area contributed by atoms with Crippen molar-refractivity contribution in [3.63, 3.8) is 0 Å². The van der Waals surface area contributed by atoms with Gasteiger partial charge in [0.2, 0.25) is 0 Å². The molecule has 0 bridgehead atoms. The number of pyridine rings is 1. The van der Waals surface area contributed by atoms with Gasteiger partial charge in [-0.15, -0.1) is 0 Å². The molecule has 1 fully saturated rings. The predicted octanol–water partition coefficient (Wildman–Crippen LogP) is 1.95. The molecular formula is C18H20N2O4. The largest absolute Gasteiger partial charge is 0.449 e. The van der Waals surface area contributed by atoms with Gasteiger partial charge < -0.3 is 14.4 Å². The molecule has 0 aliphatic carbocycles. The van der Waals surface area contributed by atoms with E-state index in [1.807, 2.05) is 31.2 Å². The first-order chi connectivity index (χ1) is 11.6. The summed E-state index contributed by atoms with van der Waals surface area (Å²) in [5, 5.41) is 0.721. The lowest BCUT2D eigenvalue weighted by Crippen LogP contribution is -2.46. The van der Waals surface area contributed by atoms with Crippen LogP contribution in [0.4, 0.5) is 0 Å². The molecule has 3 rings (SSSR count). The number of para-hydroxylation sites is 1. The van der Waals surface area contributed by atoms with E-state index in [0.717, 1.165) is 16.6 Å². The summed E-state index contributed by atoms with van der Waals surface area (Å²) in [4.78, 5) is 31.0. The Morgan fingerprint density at radius 3 is 2.71 bits per heavy atom. The maximum Gasteiger partial charge on any atom is 0.339 e. The molecule has 1 atom stereocenters. The smallest absolute Gasteiger partial charge is 0.339 e. The molecule has 0 N–H and O–H groups in total. The van der Waals surface area contributed by atoms with E-state index < -0.39 is 12.1 Å². The Morgan fingerprint density at radius 1 is 1.25 bits per heavy atom. The van der Waals surface area contributed by atoms with Crippen LogP contribution in [0.3, 0.4) is 0 Å². The minimum atomic E-state index is -0.831. The first-order valence-corrected chi connectivity index (χ1v) is 8.00. The lowest BCUT2D eigenvalue weighted by Gasteiger charge is -2.29. The fourth-order valence-electron chi connectivity index (χ4n) is 2.79. The highest BCUT2D eigenvalue weighted by Gasteiger charge is 2.26. The van der Waals surface area contributed by atoms with E-state index in [2.05, 4.69) is 4.98 Å². The van der Waals surface area contributed by atoms with Gasteiger partial charge in [-0.05, 0) is 26.0 Å². The molecule has 1 aliphatic heterocycles. The highest BCUT2D eigenvalue weighted by Crippen LogP contribution is 2.20. The molecule has 126 valence electrons. The van der Waals surface area contributed by atoms with Crippen molar-refractivity contribution >= 4 is 22.8 Å². The molecule has 2 aromatic rings. The summed E-state index contributed by atoms with van der Waals surface area (Å²) < 4.78 is 10.6. The van der Waals surface area contributed by atoms with E-state index >= 15 is 0 Å². The van der Waals surface area contributed by atoms with Crippen LogP contribution in [-0.2, 0) is 14.3 Å². The van der Waals surface area contributed by atoms with Crippen molar-refractivity contribution in [2.24, 2.45) is 0 Å². The molecule has 24 heavy (non-hydrogen) atoms. The topological polar surface area (TPSA) is 68.7 Å². The number of morpholine rings is 1. The monoisotopic (exact) mass is 328 g/mol. The normalized spacial score (nSPS) is 16.0. The number of hydrogen-bond donors (Lipinski definition) is 0. The second-order valence-electron chi connectivity index (χ2n) is 5.81. The van der Waals surface area contributed by atoms with Gasteiger partial charge in [0, 0.05) is 24.2 Å². The third kappa shape index (κ3) is 3.38. The molecule has 2 heterocycles. The molecule has 1 aromatic heterocycles. The molecule has 1 saturated heterocycles. The quantitative estimate of drug-likeness (QED) is 0.806. The number of amides is 1. The lowest BCUT2D eigenvalue weighted by molar-refractivity contribution is -0.143. The van der Waals surface area contributed by atoms with Crippen molar-refractivity contribution in [3.8, 4) is 0 Å². The van der Waals surface area contributed by atoms with Gasteiger partial charge in [-0.3, -0.25) is 9.78 Å². The molecule has 1 amide bonds. The number of esters is 1. The van der Waals surface area contributed by atoms with E-state index in [9.17, 15) is 9.59 Å². The van der Waals surface area contributed by atoms with Crippen LogP contribution in [0, 0.1) is 6.92 Å². The van der Waals surface area contributed by atoms with Crippen molar-refractivity contribution in [2.75, 3.05) is 26.3 Å². The zero-order valence-electron chi connectivity index (χ0n) is 13.8. The van der Waals surface area contributed by atoms with Crippen molar-refractivity contribution < 1.29 is 19.1 Å². The van der Waals surface area contributed by atoms with E-state index in [4.69, 9.17) is 9.47 Å². The molecule has 6 nitrogen and oxygen atoms in total. The van der Waals surface area contributed by atoms with Crippen LogP contribution < -0.4 is 0 Å². The van der Waals surface area contributed by atoms with Gasteiger partial charge in [0.1, 0.15) is 0 Å². The molecule has 0 radical (unpaired) electrons. The Labute approximate surface area is 140 Å². The standard InChI is InChI=1S/C18H20N2O4/c1-12-11-15(14-5-3-4-6-16(14)19-12)18(22)24-13(2)17(21)20-7-9-23-10-8-20/h3-6,11,13H,7-10H2,1-2H3. The Kier molecular flexibility index (Phi) is 4.76. The van der Waals surface area contributed by atoms with E-state index in [-0.39, 0.29) is 5.91 Å². The van der Waals surface area contributed by atoms with Crippen LogP contribution in [0.2, 0.25) is 0 Å². The van der Waals surface area contributed by atoms with Crippen molar-refractivity contribution in [3.05, 3.63) is 41.6 Å².